The summed E-state index contributed by atoms with van der Waals surface area (Å²) in [4.78, 5) is 9.78. The molecule has 0 aliphatic carbocycles. The SMILES string of the molecule is CCCCC(=Nc1ccc(C)c(C)c1)C(C)=Nc1cc(C)cc(C)c1.[Ni]. The van der Waals surface area contributed by atoms with Crippen LogP contribution in [0.4, 0.5) is 11.4 Å². The van der Waals surface area contributed by atoms with Crippen LogP contribution in [0.2, 0.25) is 0 Å². The third kappa shape index (κ3) is 6.54. The summed E-state index contributed by atoms with van der Waals surface area (Å²) >= 11 is 0. The molecule has 3 heteroatoms. The van der Waals surface area contributed by atoms with E-state index in [2.05, 4.69) is 77.9 Å². The Morgan fingerprint density at radius 3 is 2.04 bits per heavy atom. The van der Waals surface area contributed by atoms with Crippen LogP contribution < -0.4 is 0 Å². The number of aliphatic imine (C=N–C) groups is 2. The zero-order valence-electron chi connectivity index (χ0n) is 16.8. The second kappa shape index (κ2) is 10.4. The maximum absolute atomic E-state index is 4.92. The number of hydrogen-bond donors (Lipinski definition) is 0. The Kier molecular flexibility index (Phi) is 8.95. The topological polar surface area (TPSA) is 24.7 Å². The summed E-state index contributed by atoms with van der Waals surface area (Å²) < 4.78 is 0. The molecule has 0 unspecified atom stereocenters. The summed E-state index contributed by atoms with van der Waals surface area (Å²) in [5.41, 5.74) is 9.19. The van der Waals surface area contributed by atoms with E-state index >= 15 is 0 Å². The molecule has 0 aromatic heterocycles. The van der Waals surface area contributed by atoms with Gasteiger partial charge in [0.2, 0.25) is 0 Å². The molecule has 2 aromatic rings. The average Bonchev–Trinajstić information content (AvgIpc) is 2.53. The van der Waals surface area contributed by atoms with Gasteiger partial charge in [-0.3, -0.25) is 9.98 Å². The molecule has 0 bridgehead atoms. The minimum absolute atomic E-state index is 0. The van der Waals surface area contributed by atoms with Crippen LogP contribution in [-0.2, 0) is 16.5 Å². The van der Waals surface area contributed by atoms with Gasteiger partial charge in [-0.2, -0.15) is 0 Å². The van der Waals surface area contributed by atoms with Crippen LogP contribution in [0, 0.1) is 27.7 Å². The first-order valence-corrected chi connectivity index (χ1v) is 9.18. The fourth-order valence-electron chi connectivity index (χ4n) is 2.89. The van der Waals surface area contributed by atoms with Gasteiger partial charge >= 0.3 is 0 Å². The molecule has 142 valence electrons. The van der Waals surface area contributed by atoms with Gasteiger partial charge in [-0.05, 0) is 94.0 Å². The molecule has 2 aromatic carbocycles. The molecular formula is C23H30N2Ni. The zero-order valence-corrected chi connectivity index (χ0v) is 17.8. The fraction of sp³-hybridized carbons (Fsp3) is 0.391. The van der Waals surface area contributed by atoms with Gasteiger partial charge in [0, 0.05) is 16.5 Å². The monoisotopic (exact) mass is 392 g/mol. The van der Waals surface area contributed by atoms with Crippen LogP contribution in [0.15, 0.2) is 46.4 Å². The molecule has 2 nitrogen and oxygen atoms in total. The smallest absolute Gasteiger partial charge is 0.0638 e. The van der Waals surface area contributed by atoms with Gasteiger partial charge in [0.05, 0.1) is 22.8 Å². The molecule has 0 aliphatic rings. The van der Waals surface area contributed by atoms with E-state index < -0.39 is 0 Å². The van der Waals surface area contributed by atoms with E-state index in [1.807, 2.05) is 0 Å². The quantitative estimate of drug-likeness (QED) is 0.374. The van der Waals surface area contributed by atoms with E-state index in [1.165, 1.54) is 22.3 Å². The Balaban J connectivity index is 0.00000338. The molecule has 2 rings (SSSR count). The van der Waals surface area contributed by atoms with E-state index in [-0.39, 0.29) is 16.5 Å². The van der Waals surface area contributed by atoms with Crippen molar-refractivity contribution in [2.75, 3.05) is 0 Å². The van der Waals surface area contributed by atoms with Gasteiger partial charge in [0.1, 0.15) is 0 Å². The van der Waals surface area contributed by atoms with Crippen molar-refractivity contribution in [3.8, 4) is 0 Å². The van der Waals surface area contributed by atoms with E-state index in [1.54, 1.807) is 0 Å². The predicted octanol–water partition coefficient (Wildman–Crippen LogP) is 6.97. The van der Waals surface area contributed by atoms with Crippen molar-refractivity contribution < 1.29 is 16.5 Å². The predicted molar refractivity (Wildman–Crippen MR) is 111 cm³/mol. The Morgan fingerprint density at radius 2 is 1.46 bits per heavy atom. The van der Waals surface area contributed by atoms with E-state index in [4.69, 9.17) is 9.98 Å². The van der Waals surface area contributed by atoms with Crippen LogP contribution in [0.5, 0.6) is 0 Å². The summed E-state index contributed by atoms with van der Waals surface area (Å²) in [7, 11) is 0. The molecule has 0 spiro atoms. The van der Waals surface area contributed by atoms with Gasteiger partial charge in [0.15, 0.2) is 0 Å². The van der Waals surface area contributed by atoms with E-state index in [0.29, 0.717) is 0 Å². The van der Waals surface area contributed by atoms with Crippen molar-refractivity contribution in [1.82, 2.24) is 0 Å². The van der Waals surface area contributed by atoms with Crippen LogP contribution in [0.3, 0.4) is 0 Å². The normalized spacial score (nSPS) is 12.1. The molecule has 0 heterocycles. The van der Waals surface area contributed by atoms with Crippen LogP contribution >= 0.6 is 0 Å². The molecule has 0 amide bonds. The van der Waals surface area contributed by atoms with Crippen molar-refractivity contribution in [2.24, 2.45) is 9.98 Å². The standard InChI is InChI=1S/C23H30N2.Ni/c1-7-8-9-23(25-21-11-10-18(4)19(5)15-21)20(6)24-22-13-16(2)12-17(3)14-22;/h10-15H,7-9H2,1-6H3;. The number of benzene rings is 2. The van der Waals surface area contributed by atoms with Crippen molar-refractivity contribution >= 4 is 22.8 Å². The second-order valence-electron chi connectivity index (χ2n) is 6.97. The first-order chi connectivity index (χ1) is 11.9. The maximum atomic E-state index is 4.92. The minimum Gasteiger partial charge on any atom is -0.252 e. The molecule has 0 aliphatic heterocycles. The number of hydrogen-bond acceptors (Lipinski definition) is 2. The van der Waals surface area contributed by atoms with Crippen molar-refractivity contribution in [3.05, 3.63) is 58.7 Å². The van der Waals surface area contributed by atoms with Gasteiger partial charge < -0.3 is 0 Å². The second-order valence-corrected chi connectivity index (χ2v) is 6.97. The number of aryl methyl sites for hydroxylation is 4. The Bertz CT molecular complexity index is 784. The third-order valence-corrected chi connectivity index (χ3v) is 4.44. The third-order valence-electron chi connectivity index (χ3n) is 4.44. The first kappa shape index (κ1) is 22.3. The number of unbranched alkanes of at least 4 members (excludes halogenated alkanes) is 1. The summed E-state index contributed by atoms with van der Waals surface area (Å²) in [6.45, 7) is 12.8. The van der Waals surface area contributed by atoms with Gasteiger partial charge in [0.25, 0.3) is 0 Å². The van der Waals surface area contributed by atoms with Crippen molar-refractivity contribution in [2.45, 2.75) is 60.8 Å². The Labute approximate surface area is 168 Å². The minimum atomic E-state index is 0. The van der Waals surface area contributed by atoms with Crippen molar-refractivity contribution in [3.63, 3.8) is 0 Å². The Hall–Kier alpha value is -1.73. The fourth-order valence-corrected chi connectivity index (χ4v) is 2.89. The molecule has 26 heavy (non-hydrogen) atoms. The molecule has 0 N–H and O–H groups in total. The van der Waals surface area contributed by atoms with Gasteiger partial charge in [-0.15, -0.1) is 0 Å². The average molecular weight is 393 g/mol. The number of nitrogens with zero attached hydrogens (tertiary/aromatic N) is 2. The molecule has 0 radical (unpaired) electrons. The number of rotatable bonds is 6. The van der Waals surface area contributed by atoms with E-state index in [0.717, 1.165) is 42.1 Å². The van der Waals surface area contributed by atoms with Gasteiger partial charge in [-0.25, -0.2) is 0 Å². The maximum Gasteiger partial charge on any atom is 0.0638 e. The molecule has 0 atom stereocenters. The summed E-state index contributed by atoms with van der Waals surface area (Å²) in [5, 5.41) is 0. The van der Waals surface area contributed by atoms with Gasteiger partial charge in [-0.1, -0.05) is 25.5 Å². The molecule has 0 saturated heterocycles. The Morgan fingerprint density at radius 1 is 0.808 bits per heavy atom. The molecular weight excluding hydrogens is 363 g/mol. The molecule has 0 saturated carbocycles. The van der Waals surface area contributed by atoms with Crippen LogP contribution in [0.1, 0.15) is 55.4 Å². The van der Waals surface area contributed by atoms with E-state index in [9.17, 15) is 0 Å². The summed E-state index contributed by atoms with van der Waals surface area (Å²) in [6.07, 6.45) is 3.25. The largest absolute Gasteiger partial charge is 0.252 e. The zero-order chi connectivity index (χ0) is 18.4. The first-order valence-electron chi connectivity index (χ1n) is 9.18. The summed E-state index contributed by atoms with van der Waals surface area (Å²) in [6, 6.07) is 12.8. The van der Waals surface area contributed by atoms with Crippen LogP contribution in [0.25, 0.3) is 0 Å². The van der Waals surface area contributed by atoms with Crippen molar-refractivity contribution in [1.29, 1.82) is 0 Å². The molecule has 0 fully saturated rings. The van der Waals surface area contributed by atoms with Crippen LogP contribution in [-0.4, -0.2) is 11.4 Å². The summed E-state index contributed by atoms with van der Waals surface area (Å²) in [5.74, 6) is 0.